The lowest BCUT2D eigenvalue weighted by atomic mass is 9.84. The number of amides is 1. The second kappa shape index (κ2) is 8.72. The summed E-state index contributed by atoms with van der Waals surface area (Å²) < 4.78 is 0. The minimum atomic E-state index is -0.249. The summed E-state index contributed by atoms with van der Waals surface area (Å²) in [7, 11) is 5.55. The fourth-order valence-electron chi connectivity index (χ4n) is 4.35. The Morgan fingerprint density at radius 3 is 2.29 bits per heavy atom. The molecule has 0 radical (unpaired) electrons. The predicted molar refractivity (Wildman–Crippen MR) is 100 cm³/mol. The van der Waals surface area contributed by atoms with E-state index in [0.717, 1.165) is 37.6 Å². The van der Waals surface area contributed by atoms with E-state index in [-0.39, 0.29) is 11.3 Å². The molecule has 0 bridgehead atoms. The Morgan fingerprint density at radius 1 is 1.17 bits per heavy atom. The van der Waals surface area contributed by atoms with Crippen molar-refractivity contribution in [2.45, 2.75) is 70.8 Å². The number of hydrogen-bond acceptors (Lipinski definition) is 2. The Balaban J connectivity index is 1.87. The number of guanidine groups is 1. The molecule has 0 aliphatic heterocycles. The molecule has 2 aliphatic rings. The SMILES string of the molecule is CCC1CCC(NC(=NC)NCC2(C(=O)N(C)C)CCCC2)CC1. The second-order valence-corrected chi connectivity index (χ2v) is 7.88. The molecule has 0 aromatic rings. The molecule has 0 spiro atoms. The van der Waals surface area contributed by atoms with Crippen molar-refractivity contribution >= 4 is 11.9 Å². The van der Waals surface area contributed by atoms with Crippen LogP contribution in [0.3, 0.4) is 0 Å². The van der Waals surface area contributed by atoms with Gasteiger partial charge in [-0.2, -0.15) is 0 Å². The number of nitrogens with one attached hydrogen (secondary N) is 2. The molecular weight excluding hydrogens is 300 g/mol. The summed E-state index contributed by atoms with van der Waals surface area (Å²) >= 11 is 0. The molecule has 2 N–H and O–H groups in total. The minimum absolute atomic E-state index is 0.249. The van der Waals surface area contributed by atoms with Crippen LogP contribution < -0.4 is 10.6 Å². The van der Waals surface area contributed by atoms with Gasteiger partial charge in [0.2, 0.25) is 5.91 Å². The summed E-state index contributed by atoms with van der Waals surface area (Å²) in [5.41, 5.74) is -0.249. The van der Waals surface area contributed by atoms with Gasteiger partial charge in [-0.25, -0.2) is 0 Å². The summed E-state index contributed by atoms with van der Waals surface area (Å²) in [4.78, 5) is 18.8. The quantitative estimate of drug-likeness (QED) is 0.599. The van der Waals surface area contributed by atoms with Gasteiger partial charge < -0.3 is 15.5 Å². The lowest BCUT2D eigenvalue weighted by Gasteiger charge is -2.33. The Hall–Kier alpha value is -1.26. The molecule has 0 aromatic carbocycles. The highest BCUT2D eigenvalue weighted by Gasteiger charge is 2.42. The van der Waals surface area contributed by atoms with Crippen molar-refractivity contribution in [1.82, 2.24) is 15.5 Å². The molecule has 0 heterocycles. The molecule has 0 atom stereocenters. The number of hydrogen-bond donors (Lipinski definition) is 2. The van der Waals surface area contributed by atoms with Gasteiger partial charge in [0.05, 0.1) is 5.41 Å². The van der Waals surface area contributed by atoms with E-state index in [1.54, 1.807) is 4.90 Å². The fourth-order valence-corrected chi connectivity index (χ4v) is 4.35. The molecule has 24 heavy (non-hydrogen) atoms. The van der Waals surface area contributed by atoms with Gasteiger partial charge in [0.1, 0.15) is 0 Å². The smallest absolute Gasteiger partial charge is 0.230 e. The normalized spacial score (nSPS) is 26.9. The van der Waals surface area contributed by atoms with Crippen molar-refractivity contribution in [3.63, 3.8) is 0 Å². The van der Waals surface area contributed by atoms with Crippen molar-refractivity contribution in [2.75, 3.05) is 27.7 Å². The molecule has 5 nitrogen and oxygen atoms in total. The van der Waals surface area contributed by atoms with Crippen LogP contribution in [-0.2, 0) is 4.79 Å². The van der Waals surface area contributed by atoms with E-state index in [1.165, 1.54) is 32.1 Å². The number of aliphatic imine (C=N–C) groups is 1. The largest absolute Gasteiger partial charge is 0.355 e. The molecule has 0 saturated heterocycles. The zero-order chi connectivity index (χ0) is 17.6. The standard InChI is InChI=1S/C19H36N4O/c1-5-15-8-10-16(11-9-15)22-18(20-2)21-14-19(12-6-7-13-19)17(24)23(3)4/h15-16H,5-14H2,1-4H3,(H2,20,21,22). The first-order chi connectivity index (χ1) is 11.5. The van der Waals surface area contributed by atoms with E-state index in [0.29, 0.717) is 12.6 Å². The maximum absolute atomic E-state index is 12.7. The van der Waals surface area contributed by atoms with Crippen LogP contribution in [0.1, 0.15) is 64.7 Å². The molecular formula is C19H36N4O. The summed E-state index contributed by atoms with van der Waals surface area (Å²) in [5, 5.41) is 7.03. The third-order valence-corrected chi connectivity index (χ3v) is 6.00. The number of rotatable bonds is 5. The molecule has 2 fully saturated rings. The van der Waals surface area contributed by atoms with Crippen molar-refractivity contribution in [1.29, 1.82) is 0 Å². The number of carbonyl (C=O) groups excluding carboxylic acids is 1. The lowest BCUT2D eigenvalue weighted by Crippen LogP contribution is -2.51. The molecule has 2 saturated carbocycles. The third-order valence-electron chi connectivity index (χ3n) is 6.00. The topological polar surface area (TPSA) is 56.7 Å². The van der Waals surface area contributed by atoms with Crippen molar-refractivity contribution < 1.29 is 4.79 Å². The van der Waals surface area contributed by atoms with Crippen LogP contribution in [0.15, 0.2) is 4.99 Å². The van der Waals surface area contributed by atoms with Crippen LogP contribution in [0.2, 0.25) is 0 Å². The van der Waals surface area contributed by atoms with Gasteiger partial charge in [0, 0.05) is 33.7 Å². The van der Waals surface area contributed by atoms with E-state index in [1.807, 2.05) is 21.1 Å². The maximum Gasteiger partial charge on any atom is 0.230 e. The summed E-state index contributed by atoms with van der Waals surface area (Å²) in [6, 6.07) is 0.517. The molecule has 1 amide bonds. The lowest BCUT2D eigenvalue weighted by molar-refractivity contribution is -0.138. The van der Waals surface area contributed by atoms with Crippen LogP contribution in [0.25, 0.3) is 0 Å². The third kappa shape index (κ3) is 4.64. The Labute approximate surface area is 147 Å². The fraction of sp³-hybridized carbons (Fsp3) is 0.895. The summed E-state index contributed by atoms with van der Waals surface area (Å²) in [6.45, 7) is 2.98. The van der Waals surface area contributed by atoms with Crippen LogP contribution in [0.4, 0.5) is 0 Å². The molecule has 5 heteroatoms. The Bertz CT molecular complexity index is 433. The number of nitrogens with zero attached hydrogens (tertiary/aromatic N) is 2. The average molecular weight is 337 g/mol. The molecule has 138 valence electrons. The van der Waals surface area contributed by atoms with Crippen LogP contribution >= 0.6 is 0 Å². The minimum Gasteiger partial charge on any atom is -0.355 e. The van der Waals surface area contributed by atoms with E-state index in [2.05, 4.69) is 22.5 Å². The second-order valence-electron chi connectivity index (χ2n) is 7.88. The van der Waals surface area contributed by atoms with Crippen LogP contribution in [-0.4, -0.2) is 50.5 Å². The highest BCUT2D eigenvalue weighted by Crippen LogP contribution is 2.38. The van der Waals surface area contributed by atoms with Gasteiger partial charge in [-0.05, 0) is 44.4 Å². The zero-order valence-corrected chi connectivity index (χ0v) is 16.0. The maximum atomic E-state index is 12.7. The zero-order valence-electron chi connectivity index (χ0n) is 16.0. The van der Waals surface area contributed by atoms with Gasteiger partial charge in [-0.15, -0.1) is 0 Å². The van der Waals surface area contributed by atoms with E-state index in [9.17, 15) is 4.79 Å². The van der Waals surface area contributed by atoms with Gasteiger partial charge >= 0.3 is 0 Å². The van der Waals surface area contributed by atoms with Gasteiger partial charge in [0.25, 0.3) is 0 Å². The van der Waals surface area contributed by atoms with Gasteiger partial charge in [-0.1, -0.05) is 26.2 Å². The first-order valence-electron chi connectivity index (χ1n) is 9.69. The average Bonchev–Trinajstić information content (AvgIpc) is 3.08. The predicted octanol–water partition coefficient (Wildman–Crippen LogP) is 2.77. The highest BCUT2D eigenvalue weighted by molar-refractivity contribution is 5.85. The molecule has 0 aromatic heterocycles. The molecule has 0 unspecified atom stereocenters. The van der Waals surface area contributed by atoms with E-state index in [4.69, 9.17) is 0 Å². The van der Waals surface area contributed by atoms with E-state index < -0.39 is 0 Å². The van der Waals surface area contributed by atoms with Crippen molar-refractivity contribution in [3.05, 3.63) is 0 Å². The molecule has 2 aliphatic carbocycles. The van der Waals surface area contributed by atoms with Crippen molar-refractivity contribution in [3.8, 4) is 0 Å². The monoisotopic (exact) mass is 336 g/mol. The van der Waals surface area contributed by atoms with Crippen molar-refractivity contribution in [2.24, 2.45) is 16.3 Å². The van der Waals surface area contributed by atoms with E-state index >= 15 is 0 Å². The summed E-state index contributed by atoms with van der Waals surface area (Å²) in [6.07, 6.45) is 10.6. The first-order valence-corrected chi connectivity index (χ1v) is 9.69. The Morgan fingerprint density at radius 2 is 1.79 bits per heavy atom. The van der Waals surface area contributed by atoms with Gasteiger partial charge in [-0.3, -0.25) is 9.79 Å². The van der Waals surface area contributed by atoms with Crippen LogP contribution in [0, 0.1) is 11.3 Å². The first kappa shape index (κ1) is 19.1. The Kier molecular flexibility index (Phi) is 6.93. The van der Waals surface area contributed by atoms with Crippen LogP contribution in [0.5, 0.6) is 0 Å². The highest BCUT2D eigenvalue weighted by atomic mass is 16.2. The van der Waals surface area contributed by atoms with Gasteiger partial charge in [0.15, 0.2) is 5.96 Å². The molecule has 2 rings (SSSR count). The number of carbonyl (C=O) groups is 1. The summed E-state index contributed by atoms with van der Waals surface area (Å²) in [5.74, 6) is 2.01.